The van der Waals surface area contributed by atoms with Crippen LogP contribution >= 0.6 is 0 Å². The van der Waals surface area contributed by atoms with Crippen molar-refractivity contribution >= 4 is 5.78 Å². The van der Waals surface area contributed by atoms with E-state index in [9.17, 15) is 4.79 Å². The lowest BCUT2D eigenvalue weighted by molar-refractivity contribution is -0.121. The molecule has 13 heavy (non-hydrogen) atoms. The fourth-order valence-corrected chi connectivity index (χ4v) is 2.05. The average molecular weight is 181 g/mol. The van der Waals surface area contributed by atoms with Gasteiger partial charge in [-0.3, -0.25) is 4.79 Å². The summed E-state index contributed by atoms with van der Waals surface area (Å²) in [5, 5.41) is 3.31. The highest BCUT2D eigenvalue weighted by atomic mass is 16.1. The number of piperidine rings is 1. The molecule has 2 fully saturated rings. The number of ketones is 1. The summed E-state index contributed by atoms with van der Waals surface area (Å²) < 4.78 is 0. The first-order chi connectivity index (χ1) is 6.36. The Morgan fingerprint density at radius 2 is 2.08 bits per heavy atom. The SMILES string of the molecule is O=C(CCC1CC1)C1CCCCN1. The molecule has 1 heterocycles. The standard InChI is InChI=1S/C11H19NO/c13-11(7-6-9-4-5-9)10-3-1-2-8-12-10/h9-10,12H,1-8H2. The van der Waals surface area contributed by atoms with Gasteiger partial charge in [0.2, 0.25) is 0 Å². The van der Waals surface area contributed by atoms with Gasteiger partial charge in [-0.15, -0.1) is 0 Å². The van der Waals surface area contributed by atoms with Crippen molar-refractivity contribution in [2.24, 2.45) is 5.92 Å². The fourth-order valence-electron chi connectivity index (χ4n) is 2.05. The second-order valence-electron chi connectivity index (χ2n) is 4.45. The van der Waals surface area contributed by atoms with Crippen molar-refractivity contribution in [1.29, 1.82) is 0 Å². The number of rotatable bonds is 4. The second-order valence-corrected chi connectivity index (χ2v) is 4.45. The Balaban J connectivity index is 1.67. The van der Waals surface area contributed by atoms with Crippen LogP contribution in [0.2, 0.25) is 0 Å². The third kappa shape index (κ3) is 2.80. The van der Waals surface area contributed by atoms with Crippen molar-refractivity contribution in [1.82, 2.24) is 5.32 Å². The molecule has 1 saturated heterocycles. The van der Waals surface area contributed by atoms with Crippen LogP contribution in [0.4, 0.5) is 0 Å². The molecule has 1 unspecified atom stereocenters. The van der Waals surface area contributed by atoms with Gasteiger partial charge in [-0.2, -0.15) is 0 Å². The monoisotopic (exact) mass is 181 g/mol. The molecular formula is C11H19NO. The summed E-state index contributed by atoms with van der Waals surface area (Å²) in [4.78, 5) is 11.7. The molecule has 0 bridgehead atoms. The van der Waals surface area contributed by atoms with E-state index in [0.717, 1.165) is 31.7 Å². The van der Waals surface area contributed by atoms with Crippen molar-refractivity contribution in [3.05, 3.63) is 0 Å². The number of Topliss-reactive ketones (excluding diaryl/α,β-unsaturated/α-hetero) is 1. The lowest BCUT2D eigenvalue weighted by Gasteiger charge is -2.22. The van der Waals surface area contributed by atoms with Crippen LogP contribution in [0.15, 0.2) is 0 Å². The molecule has 0 amide bonds. The molecule has 1 saturated carbocycles. The zero-order valence-corrected chi connectivity index (χ0v) is 8.22. The smallest absolute Gasteiger partial charge is 0.149 e. The molecular weight excluding hydrogens is 162 g/mol. The van der Waals surface area contributed by atoms with Crippen LogP contribution in [0, 0.1) is 5.92 Å². The van der Waals surface area contributed by atoms with E-state index >= 15 is 0 Å². The third-order valence-electron chi connectivity index (χ3n) is 3.19. The van der Waals surface area contributed by atoms with E-state index in [1.54, 1.807) is 0 Å². The van der Waals surface area contributed by atoms with Crippen LogP contribution < -0.4 is 5.32 Å². The van der Waals surface area contributed by atoms with Gasteiger partial charge in [0.15, 0.2) is 0 Å². The van der Waals surface area contributed by atoms with E-state index in [0.29, 0.717) is 5.78 Å². The zero-order valence-electron chi connectivity index (χ0n) is 8.22. The molecule has 1 aliphatic carbocycles. The summed E-state index contributed by atoms with van der Waals surface area (Å²) in [6.45, 7) is 1.04. The molecule has 0 spiro atoms. The molecule has 0 radical (unpaired) electrons. The zero-order chi connectivity index (χ0) is 9.10. The third-order valence-corrected chi connectivity index (χ3v) is 3.19. The molecule has 0 aromatic carbocycles. The number of nitrogens with one attached hydrogen (secondary N) is 1. The molecule has 2 heteroatoms. The highest BCUT2D eigenvalue weighted by Gasteiger charge is 2.25. The maximum Gasteiger partial charge on any atom is 0.149 e. The van der Waals surface area contributed by atoms with Crippen LogP contribution in [0.3, 0.4) is 0 Å². The van der Waals surface area contributed by atoms with Crippen molar-refractivity contribution in [2.45, 2.75) is 51.0 Å². The first-order valence-corrected chi connectivity index (χ1v) is 5.62. The molecule has 2 nitrogen and oxygen atoms in total. The molecule has 0 aromatic rings. The summed E-state index contributed by atoms with van der Waals surface area (Å²) >= 11 is 0. The van der Waals surface area contributed by atoms with Gasteiger partial charge in [-0.25, -0.2) is 0 Å². The Hall–Kier alpha value is -0.370. The summed E-state index contributed by atoms with van der Waals surface area (Å²) in [5.41, 5.74) is 0. The Kier molecular flexibility index (Phi) is 2.99. The largest absolute Gasteiger partial charge is 0.307 e. The summed E-state index contributed by atoms with van der Waals surface area (Å²) in [6, 6.07) is 0.201. The summed E-state index contributed by atoms with van der Waals surface area (Å²) in [6.07, 6.45) is 8.25. The summed E-state index contributed by atoms with van der Waals surface area (Å²) in [7, 11) is 0. The first kappa shape index (κ1) is 9.20. The number of carbonyl (C=O) groups excluding carboxylic acids is 1. The van der Waals surface area contributed by atoms with E-state index in [2.05, 4.69) is 5.32 Å². The van der Waals surface area contributed by atoms with E-state index in [1.807, 2.05) is 0 Å². The van der Waals surface area contributed by atoms with Crippen molar-refractivity contribution in [2.75, 3.05) is 6.54 Å². The normalized spacial score (nSPS) is 28.8. The van der Waals surface area contributed by atoms with Crippen molar-refractivity contribution < 1.29 is 4.79 Å². The van der Waals surface area contributed by atoms with Gasteiger partial charge in [0.1, 0.15) is 5.78 Å². The molecule has 2 rings (SSSR count). The Morgan fingerprint density at radius 1 is 1.23 bits per heavy atom. The lowest BCUT2D eigenvalue weighted by Crippen LogP contribution is -2.40. The second kappa shape index (κ2) is 4.23. The van der Waals surface area contributed by atoms with E-state index in [-0.39, 0.29) is 6.04 Å². The fraction of sp³-hybridized carbons (Fsp3) is 0.909. The average Bonchev–Trinajstić information content (AvgIpc) is 2.99. The predicted octanol–water partition coefficient (Wildman–Crippen LogP) is 1.89. The van der Waals surface area contributed by atoms with Crippen molar-refractivity contribution in [3.8, 4) is 0 Å². The molecule has 1 aliphatic heterocycles. The van der Waals surface area contributed by atoms with Crippen LogP contribution in [0.5, 0.6) is 0 Å². The van der Waals surface area contributed by atoms with E-state index in [4.69, 9.17) is 0 Å². The maximum atomic E-state index is 11.7. The minimum Gasteiger partial charge on any atom is -0.307 e. The molecule has 1 atom stereocenters. The van der Waals surface area contributed by atoms with Crippen LogP contribution in [-0.2, 0) is 4.79 Å². The van der Waals surface area contributed by atoms with Crippen molar-refractivity contribution in [3.63, 3.8) is 0 Å². The van der Waals surface area contributed by atoms with Gasteiger partial charge in [0.05, 0.1) is 6.04 Å². The lowest BCUT2D eigenvalue weighted by atomic mass is 9.98. The Morgan fingerprint density at radius 3 is 2.69 bits per heavy atom. The maximum absolute atomic E-state index is 11.7. The van der Waals surface area contributed by atoms with Gasteiger partial charge in [0.25, 0.3) is 0 Å². The van der Waals surface area contributed by atoms with Crippen LogP contribution in [-0.4, -0.2) is 18.4 Å². The van der Waals surface area contributed by atoms with Crippen LogP contribution in [0.25, 0.3) is 0 Å². The van der Waals surface area contributed by atoms with Gasteiger partial charge in [-0.1, -0.05) is 19.3 Å². The molecule has 74 valence electrons. The minimum absolute atomic E-state index is 0.201. The molecule has 1 N–H and O–H groups in total. The quantitative estimate of drug-likeness (QED) is 0.717. The molecule has 2 aliphatic rings. The van der Waals surface area contributed by atoms with Crippen LogP contribution in [0.1, 0.15) is 44.9 Å². The first-order valence-electron chi connectivity index (χ1n) is 5.62. The topological polar surface area (TPSA) is 29.1 Å². The highest BCUT2D eigenvalue weighted by molar-refractivity contribution is 5.84. The van der Waals surface area contributed by atoms with Gasteiger partial charge in [-0.05, 0) is 31.7 Å². The van der Waals surface area contributed by atoms with Gasteiger partial charge in [0, 0.05) is 6.42 Å². The van der Waals surface area contributed by atoms with Gasteiger partial charge < -0.3 is 5.32 Å². The number of hydrogen-bond donors (Lipinski definition) is 1. The van der Waals surface area contributed by atoms with E-state index in [1.165, 1.54) is 25.7 Å². The number of hydrogen-bond acceptors (Lipinski definition) is 2. The number of carbonyl (C=O) groups is 1. The Labute approximate surface area is 80.1 Å². The van der Waals surface area contributed by atoms with E-state index < -0.39 is 0 Å². The molecule has 0 aromatic heterocycles. The van der Waals surface area contributed by atoms with Gasteiger partial charge >= 0.3 is 0 Å². The summed E-state index contributed by atoms with van der Waals surface area (Å²) in [5.74, 6) is 1.36. The minimum atomic E-state index is 0.201. The highest BCUT2D eigenvalue weighted by Crippen LogP contribution is 2.33. The predicted molar refractivity (Wildman–Crippen MR) is 52.6 cm³/mol. The Bertz CT molecular complexity index is 181.